The number of amides is 1. The van der Waals surface area contributed by atoms with Gasteiger partial charge in [0.1, 0.15) is 0 Å². The van der Waals surface area contributed by atoms with Crippen LogP contribution in [0.5, 0.6) is 0 Å². The third-order valence-corrected chi connectivity index (χ3v) is 7.30. The quantitative estimate of drug-likeness (QED) is 0.594. The molecule has 0 spiro atoms. The van der Waals surface area contributed by atoms with Gasteiger partial charge < -0.3 is 9.64 Å². The lowest BCUT2D eigenvalue weighted by atomic mass is 9.83. The van der Waals surface area contributed by atoms with Gasteiger partial charge in [0.05, 0.1) is 12.8 Å². The Balaban J connectivity index is 1.43. The summed E-state index contributed by atoms with van der Waals surface area (Å²) < 4.78 is 46.5. The van der Waals surface area contributed by atoms with Gasteiger partial charge in [0.15, 0.2) is 0 Å². The van der Waals surface area contributed by atoms with Crippen LogP contribution in [0.2, 0.25) is 0 Å². The number of methoxy groups -OCH3 is 1. The highest BCUT2D eigenvalue weighted by molar-refractivity contribution is 5.82. The first-order valence-corrected chi connectivity index (χ1v) is 12.0. The van der Waals surface area contributed by atoms with Crippen LogP contribution in [0, 0.1) is 5.92 Å². The summed E-state index contributed by atoms with van der Waals surface area (Å²) in [5.41, 5.74) is 2.26. The molecule has 0 N–H and O–H groups in total. The van der Waals surface area contributed by atoms with E-state index in [9.17, 15) is 27.6 Å². The van der Waals surface area contributed by atoms with Crippen molar-refractivity contribution in [3.8, 4) is 5.69 Å². The molecule has 1 aliphatic carbocycles. The van der Waals surface area contributed by atoms with Crippen molar-refractivity contribution in [2.24, 2.45) is 5.92 Å². The van der Waals surface area contributed by atoms with Crippen LogP contribution in [0.1, 0.15) is 55.7 Å². The molecule has 35 heavy (non-hydrogen) atoms. The number of carbonyl (C=O) groups excluding carboxylic acids is 2. The monoisotopic (exact) mass is 493 g/mol. The standard InChI is InChI=1S/C25H30F3N3O4/c1-35-22(32)9-4-17-2-6-20(7-3-17)30-14-15-31(24(30)34)21-8-5-18-10-12-29(13-11-19(18)16-21)23(33)25(26,27)28/h5,8,14-17,20H,2-4,6-7,9-13H2,1H3/t17-,20-. The second-order valence-electron chi connectivity index (χ2n) is 9.39. The first kappa shape index (κ1) is 25.1. The molecule has 7 nitrogen and oxygen atoms in total. The number of ether oxygens (including phenoxy) is 1. The zero-order chi connectivity index (χ0) is 25.2. The molecule has 0 saturated heterocycles. The minimum Gasteiger partial charge on any atom is -0.469 e. The summed E-state index contributed by atoms with van der Waals surface area (Å²) in [6.07, 6.45) is 4.13. The summed E-state index contributed by atoms with van der Waals surface area (Å²) in [4.78, 5) is 37.1. The van der Waals surface area contributed by atoms with E-state index in [1.54, 1.807) is 27.6 Å². The minimum atomic E-state index is -4.88. The predicted octanol–water partition coefficient (Wildman–Crippen LogP) is 3.81. The topological polar surface area (TPSA) is 73.5 Å². The molecule has 0 bridgehead atoms. The van der Waals surface area contributed by atoms with E-state index < -0.39 is 12.1 Å². The Hall–Kier alpha value is -3.04. The number of carbonyl (C=O) groups is 2. The zero-order valence-corrected chi connectivity index (χ0v) is 19.7. The van der Waals surface area contributed by atoms with Crippen LogP contribution in [-0.4, -0.2) is 52.3 Å². The first-order valence-electron chi connectivity index (χ1n) is 12.0. The SMILES string of the molecule is COC(=O)CC[C@H]1CC[C@H](n2ccn(-c3ccc4c(c3)CCN(C(=O)C(F)(F)F)CC4)c2=O)CC1. The highest BCUT2D eigenvalue weighted by Gasteiger charge is 2.42. The Morgan fingerprint density at radius 1 is 1.03 bits per heavy atom. The summed E-state index contributed by atoms with van der Waals surface area (Å²) in [6, 6.07) is 5.57. The number of imidazole rings is 1. The minimum absolute atomic E-state index is 0.00999. The van der Waals surface area contributed by atoms with Crippen molar-refractivity contribution in [2.75, 3.05) is 20.2 Å². The van der Waals surface area contributed by atoms with E-state index in [-0.39, 0.29) is 30.8 Å². The van der Waals surface area contributed by atoms with Gasteiger partial charge in [-0.25, -0.2) is 4.79 Å². The molecule has 1 aliphatic heterocycles. The summed E-state index contributed by atoms with van der Waals surface area (Å²) in [6.45, 7) is 0.00719. The van der Waals surface area contributed by atoms with Crippen molar-refractivity contribution >= 4 is 11.9 Å². The van der Waals surface area contributed by atoms with Crippen LogP contribution in [0.3, 0.4) is 0 Å². The van der Waals surface area contributed by atoms with E-state index in [4.69, 9.17) is 4.74 Å². The van der Waals surface area contributed by atoms with E-state index in [0.717, 1.165) is 48.1 Å². The Kier molecular flexibility index (Phi) is 7.37. The molecule has 190 valence electrons. The number of aromatic nitrogens is 2. The number of esters is 1. The van der Waals surface area contributed by atoms with Crippen LogP contribution in [-0.2, 0) is 27.2 Å². The van der Waals surface area contributed by atoms with Crippen molar-refractivity contribution in [3.63, 3.8) is 0 Å². The van der Waals surface area contributed by atoms with Gasteiger partial charge in [0.2, 0.25) is 0 Å². The van der Waals surface area contributed by atoms with Crippen molar-refractivity contribution in [3.05, 3.63) is 52.2 Å². The Bertz CT molecular complexity index is 1130. The third kappa shape index (κ3) is 5.62. The van der Waals surface area contributed by atoms with Crippen LogP contribution >= 0.6 is 0 Å². The molecule has 1 amide bonds. The van der Waals surface area contributed by atoms with Gasteiger partial charge in [-0.1, -0.05) is 6.07 Å². The molecule has 2 aromatic rings. The highest BCUT2D eigenvalue weighted by Crippen LogP contribution is 2.34. The molecular weight excluding hydrogens is 463 g/mol. The zero-order valence-electron chi connectivity index (χ0n) is 19.7. The lowest BCUT2D eigenvalue weighted by Gasteiger charge is -2.28. The Labute approximate surface area is 201 Å². The van der Waals surface area contributed by atoms with Crippen molar-refractivity contribution in [1.82, 2.24) is 14.0 Å². The second kappa shape index (κ2) is 10.3. The third-order valence-electron chi connectivity index (χ3n) is 7.30. The first-order chi connectivity index (χ1) is 16.7. The molecule has 1 aromatic carbocycles. The average Bonchev–Trinajstić information content (AvgIpc) is 3.10. The molecule has 1 saturated carbocycles. The van der Waals surface area contributed by atoms with Gasteiger partial charge in [-0.3, -0.25) is 18.7 Å². The van der Waals surface area contributed by atoms with Crippen LogP contribution in [0.15, 0.2) is 35.4 Å². The molecule has 0 atom stereocenters. The number of halogens is 3. The number of benzene rings is 1. The average molecular weight is 494 g/mol. The van der Waals surface area contributed by atoms with Gasteiger partial charge in [-0.2, -0.15) is 13.2 Å². The summed E-state index contributed by atoms with van der Waals surface area (Å²) in [5, 5.41) is 0. The molecule has 0 radical (unpaired) electrons. The van der Waals surface area contributed by atoms with E-state index in [1.807, 2.05) is 12.1 Å². The molecule has 2 heterocycles. The maximum Gasteiger partial charge on any atom is 0.471 e. The summed E-state index contributed by atoms with van der Waals surface area (Å²) in [7, 11) is 1.39. The smallest absolute Gasteiger partial charge is 0.469 e. The number of fused-ring (bicyclic) bond motifs is 1. The fraction of sp³-hybridized carbons (Fsp3) is 0.560. The lowest BCUT2D eigenvalue weighted by molar-refractivity contribution is -0.185. The molecular formula is C25H30F3N3O4. The van der Waals surface area contributed by atoms with Crippen molar-refractivity contribution < 1.29 is 27.5 Å². The molecule has 1 fully saturated rings. The van der Waals surface area contributed by atoms with Crippen LogP contribution in [0.4, 0.5) is 13.2 Å². The Morgan fingerprint density at radius 2 is 1.71 bits per heavy atom. The number of rotatable bonds is 5. The van der Waals surface area contributed by atoms with E-state index >= 15 is 0 Å². The Morgan fingerprint density at radius 3 is 2.37 bits per heavy atom. The fourth-order valence-electron chi connectivity index (χ4n) is 5.24. The van der Waals surface area contributed by atoms with Crippen LogP contribution in [0.25, 0.3) is 5.69 Å². The summed E-state index contributed by atoms with van der Waals surface area (Å²) >= 11 is 0. The molecule has 10 heteroatoms. The van der Waals surface area contributed by atoms with Crippen LogP contribution < -0.4 is 5.69 Å². The van der Waals surface area contributed by atoms with E-state index in [2.05, 4.69) is 0 Å². The molecule has 0 unspecified atom stereocenters. The highest BCUT2D eigenvalue weighted by atomic mass is 19.4. The van der Waals surface area contributed by atoms with Crippen molar-refractivity contribution in [1.29, 1.82) is 0 Å². The molecule has 2 aliphatic rings. The number of alkyl halides is 3. The normalized spacial score (nSPS) is 20.7. The van der Waals surface area contributed by atoms with Gasteiger partial charge >= 0.3 is 23.7 Å². The van der Waals surface area contributed by atoms with Gasteiger partial charge in [-0.15, -0.1) is 0 Å². The van der Waals surface area contributed by atoms with Crippen molar-refractivity contribution in [2.45, 2.75) is 63.6 Å². The number of hydrogen-bond acceptors (Lipinski definition) is 4. The van der Waals surface area contributed by atoms with E-state index in [1.165, 1.54) is 7.11 Å². The lowest BCUT2D eigenvalue weighted by Crippen LogP contribution is -2.42. The van der Waals surface area contributed by atoms with E-state index in [0.29, 0.717) is 30.9 Å². The fourth-order valence-corrected chi connectivity index (χ4v) is 5.24. The predicted molar refractivity (Wildman–Crippen MR) is 122 cm³/mol. The number of nitrogens with zero attached hydrogens (tertiary/aromatic N) is 3. The van der Waals surface area contributed by atoms with Gasteiger partial charge in [0, 0.05) is 37.9 Å². The molecule has 1 aromatic heterocycles. The summed E-state index contributed by atoms with van der Waals surface area (Å²) in [5.74, 6) is -1.55. The van der Waals surface area contributed by atoms with Gasteiger partial charge in [-0.05, 0) is 74.1 Å². The second-order valence-corrected chi connectivity index (χ2v) is 9.39. The molecule has 4 rings (SSSR count). The maximum absolute atomic E-state index is 13.2. The number of hydrogen-bond donors (Lipinski definition) is 0. The van der Waals surface area contributed by atoms with Gasteiger partial charge in [0.25, 0.3) is 0 Å². The maximum atomic E-state index is 13.2. The largest absolute Gasteiger partial charge is 0.471 e.